The first-order chi connectivity index (χ1) is 6.96. The van der Waals surface area contributed by atoms with Gasteiger partial charge in [-0.25, -0.2) is 0 Å². The van der Waals surface area contributed by atoms with Gasteiger partial charge in [0.1, 0.15) is 0 Å². The van der Waals surface area contributed by atoms with Crippen molar-refractivity contribution in [3.63, 3.8) is 0 Å². The zero-order valence-corrected chi connectivity index (χ0v) is 10.1. The normalized spacial score (nSPS) is 21.4. The average molecular weight is 227 g/mol. The summed E-state index contributed by atoms with van der Waals surface area (Å²) in [7, 11) is 0. The van der Waals surface area contributed by atoms with E-state index < -0.39 is 0 Å². The summed E-state index contributed by atoms with van der Waals surface area (Å²) in [5.41, 5.74) is -0.183. The fourth-order valence-corrected chi connectivity index (χ4v) is 1.82. The van der Waals surface area contributed by atoms with Crippen molar-refractivity contribution < 1.29 is 9.59 Å². The highest BCUT2D eigenvalue weighted by Crippen LogP contribution is 2.31. The number of imide groups is 1. The van der Waals surface area contributed by atoms with Crippen LogP contribution in [0.25, 0.3) is 0 Å². The van der Waals surface area contributed by atoms with Crippen molar-refractivity contribution in [1.29, 1.82) is 0 Å². The molecule has 0 aromatic carbocycles. The van der Waals surface area contributed by atoms with Crippen LogP contribution in [0, 0.1) is 5.41 Å². The molecule has 0 aromatic heterocycles. The number of carbonyl (C=O) groups excluding carboxylic acids is 2. The summed E-state index contributed by atoms with van der Waals surface area (Å²) in [5.74, 6) is 0.488. The van der Waals surface area contributed by atoms with E-state index in [0.29, 0.717) is 25.1 Å². The van der Waals surface area contributed by atoms with Crippen molar-refractivity contribution in [3.8, 4) is 0 Å². The van der Waals surface area contributed by atoms with Crippen LogP contribution in [-0.4, -0.2) is 29.0 Å². The minimum atomic E-state index is -0.183. The van der Waals surface area contributed by atoms with Crippen molar-refractivity contribution in [2.45, 2.75) is 26.7 Å². The smallest absolute Gasteiger partial charge is 0.230 e. The summed E-state index contributed by atoms with van der Waals surface area (Å²) in [6.07, 6.45) is 4.55. The van der Waals surface area contributed by atoms with Crippen molar-refractivity contribution in [1.82, 2.24) is 4.90 Å². The van der Waals surface area contributed by atoms with Crippen LogP contribution in [0.1, 0.15) is 26.7 Å². The Morgan fingerprint density at radius 1 is 1.27 bits per heavy atom. The summed E-state index contributed by atoms with van der Waals surface area (Å²) in [4.78, 5) is 24.7. The second kappa shape index (κ2) is 4.84. The van der Waals surface area contributed by atoms with Crippen molar-refractivity contribution in [2.75, 3.05) is 12.3 Å². The topological polar surface area (TPSA) is 37.4 Å². The molecule has 1 rings (SSSR count). The number of piperidine rings is 1. The molecule has 0 aliphatic carbocycles. The Bertz CT molecular complexity index is 277. The minimum absolute atomic E-state index is 0.0694. The molecule has 1 fully saturated rings. The summed E-state index contributed by atoms with van der Waals surface area (Å²) in [5, 5.41) is 0. The molecule has 0 spiro atoms. The summed E-state index contributed by atoms with van der Waals surface area (Å²) < 4.78 is 0. The number of hydrogen-bond acceptors (Lipinski definition) is 3. The second-order valence-corrected chi connectivity index (χ2v) is 4.93. The standard InChI is InChI=1S/C11H17NO2S/c1-11(2)7-9(13)12(10(14)8-11)5-3-4-6-15/h3-4,15H,5-8H2,1-2H3. The Morgan fingerprint density at radius 3 is 2.27 bits per heavy atom. The van der Waals surface area contributed by atoms with Crippen LogP contribution < -0.4 is 0 Å². The Balaban J connectivity index is 2.63. The van der Waals surface area contributed by atoms with Gasteiger partial charge >= 0.3 is 0 Å². The highest BCUT2D eigenvalue weighted by atomic mass is 32.1. The van der Waals surface area contributed by atoms with Crippen LogP contribution in [0.2, 0.25) is 0 Å². The zero-order chi connectivity index (χ0) is 11.5. The Labute approximate surface area is 95.9 Å². The summed E-state index contributed by atoms with van der Waals surface area (Å²) in [6.45, 7) is 4.28. The predicted octanol–water partition coefficient (Wildman–Crippen LogP) is 1.65. The van der Waals surface area contributed by atoms with Crippen LogP contribution in [0.15, 0.2) is 12.2 Å². The van der Waals surface area contributed by atoms with E-state index in [2.05, 4.69) is 12.6 Å². The number of amides is 2. The zero-order valence-electron chi connectivity index (χ0n) is 9.19. The van der Waals surface area contributed by atoms with Gasteiger partial charge in [-0.15, -0.1) is 0 Å². The summed E-state index contributed by atoms with van der Waals surface area (Å²) >= 11 is 4.02. The maximum Gasteiger partial charge on any atom is 0.230 e. The largest absolute Gasteiger partial charge is 0.279 e. The van der Waals surface area contributed by atoms with Gasteiger partial charge in [0.15, 0.2) is 0 Å². The Hall–Kier alpha value is -0.770. The van der Waals surface area contributed by atoms with Gasteiger partial charge in [0.25, 0.3) is 0 Å². The molecule has 3 nitrogen and oxygen atoms in total. The molecule has 0 atom stereocenters. The third-order valence-electron chi connectivity index (χ3n) is 2.42. The maximum atomic E-state index is 11.7. The molecule has 0 aromatic rings. The highest BCUT2D eigenvalue weighted by Gasteiger charge is 2.36. The van der Waals surface area contributed by atoms with Gasteiger partial charge in [-0.3, -0.25) is 14.5 Å². The van der Waals surface area contributed by atoms with Gasteiger partial charge in [0.05, 0.1) is 0 Å². The van der Waals surface area contributed by atoms with Gasteiger partial charge in [0.2, 0.25) is 11.8 Å². The van der Waals surface area contributed by atoms with Crippen molar-refractivity contribution in [3.05, 3.63) is 12.2 Å². The molecule has 0 N–H and O–H groups in total. The van der Waals surface area contributed by atoms with Gasteiger partial charge in [-0.1, -0.05) is 26.0 Å². The average Bonchev–Trinajstić information content (AvgIpc) is 2.08. The Kier molecular flexibility index (Phi) is 3.97. The third kappa shape index (κ3) is 3.38. The number of thiol groups is 1. The van der Waals surface area contributed by atoms with E-state index in [0.717, 1.165) is 0 Å². The molecule has 1 saturated heterocycles. The number of rotatable bonds is 3. The molecule has 1 aliphatic heterocycles. The van der Waals surface area contributed by atoms with E-state index in [9.17, 15) is 9.59 Å². The molecule has 0 unspecified atom stereocenters. The number of carbonyl (C=O) groups is 2. The monoisotopic (exact) mass is 227 g/mol. The van der Waals surface area contributed by atoms with E-state index in [1.54, 1.807) is 6.08 Å². The molecule has 0 saturated carbocycles. The lowest BCUT2D eigenvalue weighted by Gasteiger charge is -2.34. The number of likely N-dealkylation sites (tertiary alicyclic amines) is 1. The molecular weight excluding hydrogens is 210 g/mol. The first kappa shape index (κ1) is 12.3. The minimum Gasteiger partial charge on any atom is -0.279 e. The third-order valence-corrected chi connectivity index (χ3v) is 2.63. The second-order valence-electron chi connectivity index (χ2n) is 4.57. The van der Waals surface area contributed by atoms with Crippen molar-refractivity contribution >= 4 is 24.4 Å². The van der Waals surface area contributed by atoms with Gasteiger partial charge in [-0.2, -0.15) is 12.6 Å². The quantitative estimate of drug-likeness (QED) is 0.452. The molecule has 84 valence electrons. The molecule has 4 heteroatoms. The van der Waals surface area contributed by atoms with E-state index in [4.69, 9.17) is 0 Å². The van der Waals surface area contributed by atoms with E-state index in [1.165, 1.54) is 4.90 Å². The lowest BCUT2D eigenvalue weighted by Crippen LogP contribution is -2.46. The van der Waals surface area contributed by atoms with Gasteiger partial charge < -0.3 is 0 Å². The van der Waals surface area contributed by atoms with E-state index >= 15 is 0 Å². The fraction of sp³-hybridized carbons (Fsp3) is 0.636. The number of nitrogens with zero attached hydrogens (tertiary/aromatic N) is 1. The fourth-order valence-electron chi connectivity index (χ4n) is 1.67. The number of hydrogen-bond donors (Lipinski definition) is 1. The van der Waals surface area contributed by atoms with Crippen LogP contribution >= 0.6 is 12.6 Å². The molecule has 1 heterocycles. The van der Waals surface area contributed by atoms with Crippen LogP contribution in [0.5, 0.6) is 0 Å². The molecule has 0 radical (unpaired) electrons. The van der Waals surface area contributed by atoms with Crippen LogP contribution in [0.3, 0.4) is 0 Å². The molecule has 0 bridgehead atoms. The molecule has 2 amide bonds. The Morgan fingerprint density at radius 2 is 1.80 bits per heavy atom. The first-order valence-electron chi connectivity index (χ1n) is 5.05. The maximum absolute atomic E-state index is 11.7. The lowest BCUT2D eigenvalue weighted by atomic mass is 9.82. The highest BCUT2D eigenvalue weighted by molar-refractivity contribution is 7.80. The summed E-state index contributed by atoms with van der Waals surface area (Å²) in [6, 6.07) is 0. The van der Waals surface area contributed by atoms with Crippen molar-refractivity contribution in [2.24, 2.45) is 5.41 Å². The molecular formula is C11H17NO2S. The van der Waals surface area contributed by atoms with Gasteiger partial charge in [0, 0.05) is 25.1 Å². The van der Waals surface area contributed by atoms with E-state index in [1.807, 2.05) is 19.9 Å². The SMILES string of the molecule is CC1(C)CC(=O)N(CC=CCS)C(=O)C1. The van der Waals surface area contributed by atoms with Crippen LogP contribution in [-0.2, 0) is 9.59 Å². The molecule has 15 heavy (non-hydrogen) atoms. The first-order valence-corrected chi connectivity index (χ1v) is 5.68. The lowest BCUT2D eigenvalue weighted by molar-refractivity contribution is -0.151. The van der Waals surface area contributed by atoms with Gasteiger partial charge in [-0.05, 0) is 5.41 Å². The van der Waals surface area contributed by atoms with Crippen LogP contribution in [0.4, 0.5) is 0 Å². The predicted molar refractivity (Wildman–Crippen MR) is 62.7 cm³/mol. The van der Waals surface area contributed by atoms with E-state index in [-0.39, 0.29) is 17.2 Å². The molecule has 1 aliphatic rings.